The zero-order chi connectivity index (χ0) is 10.8. The normalized spacial score (nSPS) is 34.1. The lowest BCUT2D eigenvalue weighted by molar-refractivity contribution is -0.163. The Morgan fingerprint density at radius 3 is 2.86 bits per heavy atom. The quantitative estimate of drug-likeness (QED) is 0.707. The third-order valence-corrected chi connectivity index (χ3v) is 3.00. The average Bonchev–Trinajstić information content (AvgIpc) is 2.47. The monoisotopic (exact) mass is 204 g/mol. The standard InChI is InChI=1S/C10H17FO3/c1-3-14-9(12)8(11)10(13)6-4-5-7(10)2/h7-8,13H,3-6H2,1-2H3. The molecule has 0 aromatic carbocycles. The second-order valence-corrected chi connectivity index (χ2v) is 3.90. The van der Waals surface area contributed by atoms with Crippen molar-refractivity contribution in [1.29, 1.82) is 0 Å². The molecule has 0 spiro atoms. The Morgan fingerprint density at radius 2 is 2.43 bits per heavy atom. The van der Waals surface area contributed by atoms with Gasteiger partial charge in [0.2, 0.25) is 6.17 Å². The smallest absolute Gasteiger partial charge is 0.343 e. The van der Waals surface area contributed by atoms with Crippen LogP contribution in [0.1, 0.15) is 33.1 Å². The number of aliphatic hydroxyl groups is 1. The fourth-order valence-electron chi connectivity index (χ4n) is 1.98. The van der Waals surface area contributed by atoms with Gasteiger partial charge in [-0.3, -0.25) is 0 Å². The van der Waals surface area contributed by atoms with E-state index >= 15 is 0 Å². The van der Waals surface area contributed by atoms with E-state index in [1.807, 2.05) is 0 Å². The molecule has 0 saturated heterocycles. The highest BCUT2D eigenvalue weighted by Crippen LogP contribution is 2.39. The van der Waals surface area contributed by atoms with Gasteiger partial charge in [0.1, 0.15) is 5.60 Å². The molecule has 0 radical (unpaired) electrons. The van der Waals surface area contributed by atoms with Crippen LogP contribution >= 0.6 is 0 Å². The number of hydrogen-bond donors (Lipinski definition) is 1. The molecule has 1 aliphatic rings. The SMILES string of the molecule is CCOC(=O)C(F)C1(O)CCCC1C. The summed E-state index contributed by atoms with van der Waals surface area (Å²) in [7, 11) is 0. The fraction of sp³-hybridized carbons (Fsp3) is 0.900. The van der Waals surface area contributed by atoms with E-state index in [4.69, 9.17) is 0 Å². The van der Waals surface area contributed by atoms with Gasteiger partial charge in [0.25, 0.3) is 0 Å². The Bertz CT molecular complexity index is 219. The van der Waals surface area contributed by atoms with Gasteiger partial charge in [0, 0.05) is 0 Å². The number of hydrogen-bond acceptors (Lipinski definition) is 3. The molecule has 0 amide bonds. The topological polar surface area (TPSA) is 46.5 Å². The Kier molecular flexibility index (Phi) is 3.48. The van der Waals surface area contributed by atoms with Gasteiger partial charge in [-0.1, -0.05) is 13.3 Å². The van der Waals surface area contributed by atoms with Crippen LogP contribution in [0.5, 0.6) is 0 Å². The number of alkyl halides is 1. The maximum Gasteiger partial charge on any atom is 0.343 e. The molecule has 3 atom stereocenters. The molecule has 1 saturated carbocycles. The van der Waals surface area contributed by atoms with Gasteiger partial charge in [0.05, 0.1) is 6.61 Å². The van der Waals surface area contributed by atoms with Crippen molar-refractivity contribution < 1.29 is 19.0 Å². The molecule has 82 valence electrons. The van der Waals surface area contributed by atoms with Crippen molar-refractivity contribution in [2.45, 2.75) is 44.9 Å². The molecule has 0 aliphatic heterocycles. The first-order valence-corrected chi connectivity index (χ1v) is 5.05. The Labute approximate surface area is 83.3 Å². The van der Waals surface area contributed by atoms with E-state index in [9.17, 15) is 14.3 Å². The van der Waals surface area contributed by atoms with Crippen molar-refractivity contribution >= 4 is 5.97 Å². The van der Waals surface area contributed by atoms with Crippen LogP contribution in [0.25, 0.3) is 0 Å². The second-order valence-electron chi connectivity index (χ2n) is 3.90. The zero-order valence-electron chi connectivity index (χ0n) is 8.62. The van der Waals surface area contributed by atoms with E-state index in [0.29, 0.717) is 6.42 Å². The summed E-state index contributed by atoms with van der Waals surface area (Å²) in [6, 6.07) is 0. The summed E-state index contributed by atoms with van der Waals surface area (Å²) in [6.07, 6.45) is -0.0398. The molecule has 0 heterocycles. The van der Waals surface area contributed by atoms with Crippen LogP contribution in [0.15, 0.2) is 0 Å². The van der Waals surface area contributed by atoms with Crippen LogP contribution in [-0.2, 0) is 9.53 Å². The molecule has 0 aromatic heterocycles. The van der Waals surface area contributed by atoms with Gasteiger partial charge in [-0.2, -0.15) is 0 Å². The molecule has 1 aliphatic carbocycles. The van der Waals surface area contributed by atoms with Crippen molar-refractivity contribution in [3.8, 4) is 0 Å². The first-order valence-electron chi connectivity index (χ1n) is 5.05. The van der Waals surface area contributed by atoms with E-state index in [0.717, 1.165) is 12.8 Å². The summed E-state index contributed by atoms with van der Waals surface area (Å²) in [5.41, 5.74) is -1.51. The predicted octanol–water partition coefficient (Wildman–Crippen LogP) is 1.44. The van der Waals surface area contributed by atoms with E-state index in [-0.39, 0.29) is 12.5 Å². The van der Waals surface area contributed by atoms with Crippen LogP contribution in [0.4, 0.5) is 4.39 Å². The third kappa shape index (κ3) is 1.90. The number of carbonyl (C=O) groups excluding carboxylic acids is 1. The maximum absolute atomic E-state index is 13.6. The van der Waals surface area contributed by atoms with Crippen molar-refractivity contribution in [2.24, 2.45) is 5.92 Å². The second kappa shape index (κ2) is 4.26. The van der Waals surface area contributed by atoms with Gasteiger partial charge >= 0.3 is 5.97 Å². The Morgan fingerprint density at radius 1 is 1.79 bits per heavy atom. The number of rotatable bonds is 3. The van der Waals surface area contributed by atoms with Crippen LogP contribution in [-0.4, -0.2) is 29.5 Å². The molecule has 1 N–H and O–H groups in total. The molecule has 4 heteroatoms. The van der Waals surface area contributed by atoms with Gasteiger partial charge in [-0.15, -0.1) is 0 Å². The van der Waals surface area contributed by atoms with E-state index in [1.165, 1.54) is 0 Å². The predicted molar refractivity (Wildman–Crippen MR) is 49.5 cm³/mol. The Balaban J connectivity index is 2.66. The summed E-state index contributed by atoms with van der Waals surface area (Å²) in [5, 5.41) is 9.95. The molecule has 14 heavy (non-hydrogen) atoms. The van der Waals surface area contributed by atoms with E-state index in [2.05, 4.69) is 4.74 Å². The molecule has 1 rings (SSSR count). The summed E-state index contributed by atoms with van der Waals surface area (Å²) < 4.78 is 18.2. The minimum Gasteiger partial charge on any atom is -0.464 e. The van der Waals surface area contributed by atoms with Crippen LogP contribution in [0.2, 0.25) is 0 Å². The fourth-order valence-corrected chi connectivity index (χ4v) is 1.98. The van der Waals surface area contributed by atoms with Crippen molar-refractivity contribution in [1.82, 2.24) is 0 Å². The lowest BCUT2D eigenvalue weighted by Gasteiger charge is -2.29. The number of carbonyl (C=O) groups is 1. The van der Waals surface area contributed by atoms with Gasteiger partial charge in [-0.05, 0) is 25.7 Å². The van der Waals surface area contributed by atoms with E-state index < -0.39 is 17.7 Å². The largest absolute Gasteiger partial charge is 0.464 e. The minimum atomic E-state index is -1.90. The maximum atomic E-state index is 13.6. The molecule has 3 unspecified atom stereocenters. The van der Waals surface area contributed by atoms with Crippen molar-refractivity contribution in [2.75, 3.05) is 6.61 Å². The third-order valence-electron chi connectivity index (χ3n) is 3.00. The van der Waals surface area contributed by atoms with Gasteiger partial charge in [0.15, 0.2) is 0 Å². The number of ether oxygens (including phenoxy) is 1. The number of halogens is 1. The highest BCUT2D eigenvalue weighted by atomic mass is 19.1. The molecular formula is C10H17FO3. The van der Waals surface area contributed by atoms with Crippen molar-refractivity contribution in [3.05, 3.63) is 0 Å². The first kappa shape index (κ1) is 11.4. The van der Waals surface area contributed by atoms with Crippen LogP contribution < -0.4 is 0 Å². The van der Waals surface area contributed by atoms with Crippen LogP contribution in [0, 0.1) is 5.92 Å². The summed E-state index contributed by atoms with van der Waals surface area (Å²) >= 11 is 0. The highest BCUT2D eigenvalue weighted by molar-refractivity contribution is 5.76. The molecule has 0 aromatic rings. The molecule has 1 fully saturated rings. The van der Waals surface area contributed by atoms with Crippen molar-refractivity contribution in [3.63, 3.8) is 0 Å². The first-order chi connectivity index (χ1) is 6.52. The zero-order valence-corrected chi connectivity index (χ0v) is 8.62. The van der Waals surface area contributed by atoms with E-state index in [1.54, 1.807) is 13.8 Å². The molecular weight excluding hydrogens is 187 g/mol. The molecule has 0 bridgehead atoms. The number of esters is 1. The lowest BCUT2D eigenvalue weighted by Crippen LogP contribution is -2.47. The van der Waals surface area contributed by atoms with Gasteiger partial charge < -0.3 is 9.84 Å². The average molecular weight is 204 g/mol. The summed E-state index contributed by atoms with van der Waals surface area (Å²) in [5.74, 6) is -1.12. The Hall–Kier alpha value is -0.640. The van der Waals surface area contributed by atoms with Crippen LogP contribution in [0.3, 0.4) is 0 Å². The highest BCUT2D eigenvalue weighted by Gasteiger charge is 2.49. The van der Waals surface area contributed by atoms with Gasteiger partial charge in [-0.25, -0.2) is 9.18 Å². The summed E-state index contributed by atoms with van der Waals surface area (Å²) in [6.45, 7) is 3.52. The lowest BCUT2D eigenvalue weighted by atomic mass is 9.87. The minimum absolute atomic E-state index is 0.143. The molecule has 3 nitrogen and oxygen atoms in total. The summed E-state index contributed by atoms with van der Waals surface area (Å²) in [4.78, 5) is 11.1.